The fourth-order valence-corrected chi connectivity index (χ4v) is 3.66. The summed E-state index contributed by atoms with van der Waals surface area (Å²) in [6.45, 7) is 2.12. The molecule has 5 nitrogen and oxygen atoms in total. The fraction of sp³-hybridized carbons (Fsp3) is 0.190. The number of thiazole rings is 1. The SMILES string of the molecule is CCc1ccc(-c2nc(CC(=O)Nc3ccc(Cl)c(C(=O)OC)c3)cs2)cc1. The van der Waals surface area contributed by atoms with Gasteiger partial charge >= 0.3 is 5.97 Å². The number of hydrogen-bond acceptors (Lipinski definition) is 5. The molecule has 0 bridgehead atoms. The van der Waals surface area contributed by atoms with Crippen LogP contribution in [0, 0.1) is 0 Å². The maximum absolute atomic E-state index is 12.4. The number of rotatable bonds is 6. The number of amides is 1. The maximum atomic E-state index is 12.4. The Balaban J connectivity index is 1.67. The lowest BCUT2D eigenvalue weighted by atomic mass is 10.1. The zero-order valence-corrected chi connectivity index (χ0v) is 17.1. The molecule has 0 aliphatic heterocycles. The van der Waals surface area contributed by atoms with Gasteiger partial charge in [0.2, 0.25) is 5.91 Å². The Hall–Kier alpha value is -2.70. The molecule has 1 aromatic heterocycles. The third kappa shape index (κ3) is 4.77. The Kier molecular flexibility index (Phi) is 6.44. The van der Waals surface area contributed by atoms with Crippen LogP contribution in [0.5, 0.6) is 0 Å². The van der Waals surface area contributed by atoms with Gasteiger partial charge in [-0.1, -0.05) is 42.8 Å². The number of nitrogens with one attached hydrogen (secondary N) is 1. The monoisotopic (exact) mass is 414 g/mol. The van der Waals surface area contributed by atoms with E-state index in [-0.39, 0.29) is 22.9 Å². The van der Waals surface area contributed by atoms with Gasteiger partial charge in [-0.2, -0.15) is 0 Å². The summed E-state index contributed by atoms with van der Waals surface area (Å²) in [6.07, 6.45) is 1.13. The number of carbonyl (C=O) groups excluding carboxylic acids is 2. The number of anilines is 1. The predicted octanol–water partition coefficient (Wildman–Crippen LogP) is 4.99. The van der Waals surface area contributed by atoms with Crippen molar-refractivity contribution in [3.63, 3.8) is 0 Å². The molecule has 28 heavy (non-hydrogen) atoms. The Labute approximate surface area is 172 Å². The highest BCUT2D eigenvalue weighted by Crippen LogP contribution is 2.25. The van der Waals surface area contributed by atoms with E-state index in [4.69, 9.17) is 11.6 Å². The molecule has 0 saturated heterocycles. The van der Waals surface area contributed by atoms with E-state index in [1.807, 2.05) is 17.5 Å². The first kappa shape index (κ1) is 20.0. The van der Waals surface area contributed by atoms with Crippen LogP contribution in [-0.4, -0.2) is 24.0 Å². The molecule has 2 aromatic carbocycles. The number of carbonyl (C=O) groups is 2. The van der Waals surface area contributed by atoms with Crippen LogP contribution in [0.15, 0.2) is 47.8 Å². The van der Waals surface area contributed by atoms with Gasteiger partial charge < -0.3 is 10.1 Å². The first-order valence-corrected chi connectivity index (χ1v) is 9.97. The van der Waals surface area contributed by atoms with Gasteiger partial charge in [-0.15, -0.1) is 11.3 Å². The normalized spacial score (nSPS) is 10.5. The number of esters is 1. The summed E-state index contributed by atoms with van der Waals surface area (Å²) in [5.74, 6) is -0.782. The second kappa shape index (κ2) is 8.99. The van der Waals surface area contributed by atoms with E-state index < -0.39 is 5.97 Å². The summed E-state index contributed by atoms with van der Waals surface area (Å²) in [5.41, 5.74) is 3.68. The minimum Gasteiger partial charge on any atom is -0.465 e. The van der Waals surface area contributed by atoms with E-state index in [0.717, 1.165) is 17.0 Å². The number of benzene rings is 2. The van der Waals surface area contributed by atoms with E-state index in [1.165, 1.54) is 30.1 Å². The molecule has 0 radical (unpaired) electrons. The summed E-state index contributed by atoms with van der Waals surface area (Å²) >= 11 is 7.50. The van der Waals surface area contributed by atoms with Gasteiger partial charge in [0.25, 0.3) is 0 Å². The lowest BCUT2D eigenvalue weighted by Gasteiger charge is -2.07. The number of nitrogens with zero attached hydrogens (tertiary/aromatic N) is 1. The Bertz CT molecular complexity index is 999. The summed E-state index contributed by atoms with van der Waals surface area (Å²) in [5, 5.41) is 5.79. The topological polar surface area (TPSA) is 68.3 Å². The summed E-state index contributed by atoms with van der Waals surface area (Å²) in [7, 11) is 1.28. The lowest BCUT2D eigenvalue weighted by molar-refractivity contribution is -0.115. The Morgan fingerprint density at radius 1 is 1.18 bits per heavy atom. The highest BCUT2D eigenvalue weighted by molar-refractivity contribution is 7.13. The van der Waals surface area contributed by atoms with Gasteiger partial charge in [0.1, 0.15) is 5.01 Å². The van der Waals surface area contributed by atoms with Crippen molar-refractivity contribution in [1.82, 2.24) is 4.98 Å². The molecule has 0 saturated carbocycles. The lowest BCUT2D eigenvalue weighted by Crippen LogP contribution is -2.15. The quantitative estimate of drug-likeness (QED) is 0.576. The summed E-state index contributed by atoms with van der Waals surface area (Å²) in [6, 6.07) is 12.9. The minimum atomic E-state index is -0.556. The van der Waals surface area contributed by atoms with Crippen molar-refractivity contribution in [2.75, 3.05) is 12.4 Å². The number of aromatic nitrogens is 1. The number of aryl methyl sites for hydroxylation is 1. The highest BCUT2D eigenvalue weighted by Gasteiger charge is 2.14. The number of hydrogen-bond donors (Lipinski definition) is 1. The molecule has 0 spiro atoms. The van der Waals surface area contributed by atoms with Gasteiger partial charge in [0.15, 0.2) is 0 Å². The first-order valence-electron chi connectivity index (χ1n) is 8.71. The van der Waals surface area contributed by atoms with Crippen LogP contribution in [0.3, 0.4) is 0 Å². The molecule has 7 heteroatoms. The van der Waals surface area contributed by atoms with Crippen molar-refractivity contribution in [3.05, 3.63) is 69.7 Å². The smallest absolute Gasteiger partial charge is 0.339 e. The molecule has 3 aromatic rings. The molecule has 0 aliphatic rings. The average molecular weight is 415 g/mol. The second-order valence-corrected chi connectivity index (χ2v) is 7.37. The van der Waals surface area contributed by atoms with Gasteiger partial charge in [-0.05, 0) is 30.2 Å². The predicted molar refractivity (Wildman–Crippen MR) is 112 cm³/mol. The van der Waals surface area contributed by atoms with E-state index in [9.17, 15) is 9.59 Å². The van der Waals surface area contributed by atoms with Crippen LogP contribution < -0.4 is 5.32 Å². The number of halogens is 1. The maximum Gasteiger partial charge on any atom is 0.339 e. The van der Waals surface area contributed by atoms with Crippen LogP contribution in [0.25, 0.3) is 10.6 Å². The summed E-state index contributed by atoms with van der Waals surface area (Å²) < 4.78 is 4.69. The Morgan fingerprint density at radius 3 is 2.61 bits per heavy atom. The van der Waals surface area contributed by atoms with Crippen molar-refractivity contribution in [2.45, 2.75) is 19.8 Å². The standard InChI is InChI=1S/C21H19ClN2O3S/c1-3-13-4-6-14(7-5-13)20-24-16(12-28-20)11-19(25)23-15-8-9-18(22)17(10-15)21(26)27-2/h4-10,12H,3,11H2,1-2H3,(H,23,25). The van der Waals surface area contributed by atoms with Gasteiger partial charge in [0, 0.05) is 16.6 Å². The van der Waals surface area contributed by atoms with Crippen molar-refractivity contribution < 1.29 is 14.3 Å². The van der Waals surface area contributed by atoms with E-state index in [1.54, 1.807) is 12.1 Å². The van der Waals surface area contributed by atoms with E-state index >= 15 is 0 Å². The van der Waals surface area contributed by atoms with E-state index in [2.05, 4.69) is 34.1 Å². The molecule has 144 valence electrons. The van der Waals surface area contributed by atoms with Crippen molar-refractivity contribution in [3.8, 4) is 10.6 Å². The minimum absolute atomic E-state index is 0.139. The molecule has 3 rings (SSSR count). The Morgan fingerprint density at radius 2 is 1.93 bits per heavy atom. The first-order chi connectivity index (χ1) is 13.5. The van der Waals surface area contributed by atoms with Crippen molar-refractivity contribution in [2.24, 2.45) is 0 Å². The number of methoxy groups -OCH3 is 1. The highest BCUT2D eigenvalue weighted by atomic mass is 35.5. The van der Waals surface area contributed by atoms with Gasteiger partial charge in [0.05, 0.1) is 29.8 Å². The third-order valence-corrected chi connectivity index (χ3v) is 5.43. The molecule has 0 unspecified atom stereocenters. The zero-order valence-electron chi connectivity index (χ0n) is 15.5. The molecular weight excluding hydrogens is 396 g/mol. The number of ether oxygens (including phenoxy) is 1. The second-order valence-electron chi connectivity index (χ2n) is 6.11. The molecule has 0 fully saturated rings. The molecular formula is C21H19ClN2O3S. The van der Waals surface area contributed by atoms with Crippen LogP contribution in [-0.2, 0) is 22.4 Å². The van der Waals surface area contributed by atoms with Crippen LogP contribution in [0.4, 0.5) is 5.69 Å². The third-order valence-electron chi connectivity index (χ3n) is 4.16. The van der Waals surface area contributed by atoms with Crippen LogP contribution in [0.2, 0.25) is 5.02 Å². The molecule has 0 aliphatic carbocycles. The largest absolute Gasteiger partial charge is 0.465 e. The zero-order chi connectivity index (χ0) is 20.1. The van der Waals surface area contributed by atoms with Gasteiger partial charge in [-0.3, -0.25) is 4.79 Å². The van der Waals surface area contributed by atoms with Crippen molar-refractivity contribution >= 4 is 40.5 Å². The molecule has 1 heterocycles. The fourth-order valence-electron chi connectivity index (χ4n) is 2.64. The average Bonchev–Trinajstić information content (AvgIpc) is 3.17. The molecule has 1 N–H and O–H groups in total. The van der Waals surface area contributed by atoms with Crippen LogP contribution in [0.1, 0.15) is 28.5 Å². The molecule has 1 amide bonds. The van der Waals surface area contributed by atoms with Gasteiger partial charge in [-0.25, -0.2) is 9.78 Å². The molecule has 0 atom stereocenters. The summed E-state index contributed by atoms with van der Waals surface area (Å²) in [4.78, 5) is 28.6. The van der Waals surface area contributed by atoms with Crippen LogP contribution >= 0.6 is 22.9 Å². The van der Waals surface area contributed by atoms with Crippen molar-refractivity contribution in [1.29, 1.82) is 0 Å². The van der Waals surface area contributed by atoms with E-state index in [0.29, 0.717) is 11.4 Å².